The van der Waals surface area contributed by atoms with Gasteiger partial charge in [-0.25, -0.2) is 14.3 Å². The first-order chi connectivity index (χ1) is 7.82. The third-order valence-electron chi connectivity index (χ3n) is 2.13. The van der Waals surface area contributed by atoms with Crippen molar-refractivity contribution in [1.29, 1.82) is 0 Å². The van der Waals surface area contributed by atoms with Gasteiger partial charge >= 0.3 is 0 Å². The van der Waals surface area contributed by atoms with Gasteiger partial charge in [0.25, 0.3) is 0 Å². The van der Waals surface area contributed by atoms with Crippen LogP contribution in [0.2, 0.25) is 0 Å². The Morgan fingerprint density at radius 1 is 1.65 bits per heavy atom. The maximum absolute atomic E-state index is 11.8. The summed E-state index contributed by atoms with van der Waals surface area (Å²) in [6.07, 6.45) is 1.13. The van der Waals surface area contributed by atoms with Gasteiger partial charge in [0.05, 0.1) is 13.2 Å². The van der Waals surface area contributed by atoms with Gasteiger partial charge < -0.3 is 10.5 Å². The van der Waals surface area contributed by atoms with E-state index in [0.717, 1.165) is 6.20 Å². The van der Waals surface area contributed by atoms with E-state index in [-0.39, 0.29) is 22.6 Å². The largest absolute Gasteiger partial charge is 0.476 e. The van der Waals surface area contributed by atoms with Crippen molar-refractivity contribution in [2.45, 2.75) is 13.8 Å². The summed E-state index contributed by atoms with van der Waals surface area (Å²) in [5.41, 5.74) is 5.23. The molecule has 0 saturated heterocycles. The van der Waals surface area contributed by atoms with Gasteiger partial charge in [-0.2, -0.15) is 0 Å². The Kier molecular flexibility index (Phi) is 3.89. The predicted octanol–water partition coefficient (Wildman–Crippen LogP) is -0.260. The first-order valence-corrected chi connectivity index (χ1v) is 6.47. The quantitative estimate of drug-likeness (QED) is 0.679. The molecule has 96 valence electrons. The van der Waals surface area contributed by atoms with Crippen molar-refractivity contribution in [3.63, 3.8) is 0 Å². The van der Waals surface area contributed by atoms with Crippen molar-refractivity contribution >= 4 is 22.2 Å². The number of ether oxygens (including phenoxy) is 1. The normalized spacial score (nSPS) is 23.0. The lowest BCUT2D eigenvalue weighted by Gasteiger charge is -2.28. The minimum Gasteiger partial charge on any atom is -0.476 e. The lowest BCUT2D eigenvalue weighted by atomic mass is 9.94. The van der Waals surface area contributed by atoms with Crippen molar-refractivity contribution in [3.8, 4) is 0 Å². The lowest BCUT2D eigenvalue weighted by Crippen LogP contribution is -2.34. The SMILES string of the molecule is CC1(C)CN=C(/C(=C\N)S(N)(=O)=NC=O)OC1. The smallest absolute Gasteiger partial charge is 0.242 e. The van der Waals surface area contributed by atoms with Crippen molar-refractivity contribution < 1.29 is 13.7 Å². The highest BCUT2D eigenvalue weighted by Gasteiger charge is 2.28. The minimum atomic E-state index is -3.37. The number of amides is 1. The zero-order valence-corrected chi connectivity index (χ0v) is 10.6. The molecule has 1 amide bonds. The molecule has 1 rings (SSSR count). The number of hydrogen-bond acceptors (Lipinski definition) is 5. The van der Waals surface area contributed by atoms with Crippen molar-refractivity contribution in [2.75, 3.05) is 13.2 Å². The van der Waals surface area contributed by atoms with Crippen molar-refractivity contribution in [3.05, 3.63) is 11.1 Å². The maximum atomic E-state index is 11.8. The molecule has 8 heteroatoms. The van der Waals surface area contributed by atoms with Gasteiger partial charge in [0.1, 0.15) is 14.8 Å². The highest BCUT2D eigenvalue weighted by molar-refractivity contribution is 7.96. The van der Waals surface area contributed by atoms with Crippen molar-refractivity contribution in [2.24, 2.45) is 25.6 Å². The summed E-state index contributed by atoms with van der Waals surface area (Å²) < 4.78 is 20.3. The van der Waals surface area contributed by atoms with E-state index >= 15 is 0 Å². The monoisotopic (exact) mass is 260 g/mol. The van der Waals surface area contributed by atoms with Crippen LogP contribution in [-0.4, -0.2) is 29.7 Å². The Labute approximate surface area is 100 Å². The van der Waals surface area contributed by atoms with E-state index < -0.39 is 9.92 Å². The van der Waals surface area contributed by atoms with Gasteiger partial charge in [-0.05, 0) is 0 Å². The third-order valence-corrected chi connectivity index (χ3v) is 3.47. The summed E-state index contributed by atoms with van der Waals surface area (Å²) in [5.74, 6) is 0.0879. The molecule has 0 aromatic heterocycles. The van der Waals surface area contributed by atoms with E-state index in [1.165, 1.54) is 0 Å². The summed E-state index contributed by atoms with van der Waals surface area (Å²) >= 11 is 0. The number of rotatable bonds is 3. The molecule has 0 spiro atoms. The van der Waals surface area contributed by atoms with Crippen LogP contribution in [0.5, 0.6) is 0 Å². The second kappa shape index (κ2) is 4.84. The second-order valence-corrected chi connectivity index (χ2v) is 6.17. The van der Waals surface area contributed by atoms with Gasteiger partial charge in [0, 0.05) is 11.6 Å². The molecule has 0 aliphatic carbocycles. The van der Waals surface area contributed by atoms with Gasteiger partial charge in [-0.1, -0.05) is 13.8 Å². The van der Waals surface area contributed by atoms with Gasteiger partial charge in [-0.3, -0.25) is 4.79 Å². The fourth-order valence-electron chi connectivity index (χ4n) is 1.20. The Hall–Kier alpha value is -1.41. The van der Waals surface area contributed by atoms with Crippen LogP contribution in [0.1, 0.15) is 13.8 Å². The zero-order chi connectivity index (χ0) is 13.1. The van der Waals surface area contributed by atoms with E-state index in [9.17, 15) is 9.00 Å². The van der Waals surface area contributed by atoms with Crippen LogP contribution in [0.25, 0.3) is 0 Å². The summed E-state index contributed by atoms with van der Waals surface area (Å²) in [4.78, 5) is 14.3. The van der Waals surface area contributed by atoms with E-state index in [0.29, 0.717) is 13.2 Å². The molecule has 1 atom stereocenters. The summed E-state index contributed by atoms with van der Waals surface area (Å²) in [6.45, 7) is 4.86. The number of hydrogen-bond donors (Lipinski definition) is 2. The first kappa shape index (κ1) is 13.7. The molecule has 4 N–H and O–H groups in total. The fourth-order valence-corrected chi connectivity index (χ4v) is 2.01. The third kappa shape index (κ3) is 3.27. The average Bonchev–Trinajstić information content (AvgIpc) is 2.21. The molecule has 0 radical (unpaired) electrons. The molecule has 1 heterocycles. The van der Waals surface area contributed by atoms with Crippen LogP contribution in [-0.2, 0) is 19.4 Å². The summed E-state index contributed by atoms with van der Waals surface area (Å²) in [6, 6.07) is 0. The van der Waals surface area contributed by atoms with E-state index in [4.69, 9.17) is 15.6 Å². The molecule has 0 fully saturated rings. The van der Waals surface area contributed by atoms with E-state index in [2.05, 4.69) is 9.36 Å². The molecule has 1 unspecified atom stereocenters. The first-order valence-electron chi connectivity index (χ1n) is 4.89. The van der Waals surface area contributed by atoms with Crippen LogP contribution < -0.4 is 10.9 Å². The van der Waals surface area contributed by atoms with Crippen LogP contribution >= 0.6 is 0 Å². The Balaban J connectivity index is 3.09. The van der Waals surface area contributed by atoms with Gasteiger partial charge in [0.15, 0.2) is 0 Å². The molecule has 1 aliphatic rings. The number of nitrogens with zero attached hydrogens (tertiary/aromatic N) is 2. The standard InChI is InChI=1S/C9H16N4O3S/c1-9(2)4-12-8(16-5-9)7(3-10)17(11,15)13-6-14/h3,6H,4-5,10H2,1-2H3,(H2,11,13,14,15)/b7-3+. The number of aliphatic imine (C=N–C) groups is 1. The molecule has 0 bridgehead atoms. The minimum absolute atomic E-state index is 0.0555. The average molecular weight is 260 g/mol. The van der Waals surface area contributed by atoms with Gasteiger partial charge in [-0.15, -0.1) is 4.36 Å². The van der Waals surface area contributed by atoms with Crippen LogP contribution in [0.15, 0.2) is 20.5 Å². The van der Waals surface area contributed by atoms with Crippen LogP contribution in [0.4, 0.5) is 0 Å². The molecule has 0 saturated carbocycles. The van der Waals surface area contributed by atoms with Crippen LogP contribution in [0, 0.1) is 5.41 Å². The zero-order valence-electron chi connectivity index (χ0n) is 9.75. The van der Waals surface area contributed by atoms with E-state index in [1.807, 2.05) is 13.8 Å². The van der Waals surface area contributed by atoms with Crippen LogP contribution in [0.3, 0.4) is 0 Å². The van der Waals surface area contributed by atoms with Crippen molar-refractivity contribution in [1.82, 2.24) is 0 Å². The highest BCUT2D eigenvalue weighted by Crippen LogP contribution is 2.22. The summed E-state index contributed by atoms with van der Waals surface area (Å²) in [5, 5.41) is 5.40. The predicted molar refractivity (Wildman–Crippen MR) is 65.1 cm³/mol. The molecule has 17 heavy (non-hydrogen) atoms. The lowest BCUT2D eigenvalue weighted by molar-refractivity contribution is -0.106. The molecule has 0 aromatic carbocycles. The Bertz CT molecular complexity index is 486. The second-order valence-electron chi connectivity index (χ2n) is 4.38. The molecule has 0 aromatic rings. The number of carbonyl (C=O) groups excluding carboxylic acids is 1. The molecule has 1 aliphatic heterocycles. The maximum Gasteiger partial charge on any atom is 0.242 e. The molecular weight excluding hydrogens is 244 g/mol. The number of carbonyl (C=O) groups is 1. The Morgan fingerprint density at radius 3 is 2.71 bits per heavy atom. The van der Waals surface area contributed by atoms with E-state index in [1.54, 1.807) is 0 Å². The molecular formula is C9H16N4O3S. The highest BCUT2D eigenvalue weighted by atomic mass is 32.2. The fraction of sp³-hybridized carbons (Fsp3) is 0.556. The Morgan fingerprint density at radius 2 is 2.29 bits per heavy atom. The topological polar surface area (TPSA) is 120 Å². The molecule has 7 nitrogen and oxygen atoms in total. The number of nitrogens with two attached hydrogens (primary N) is 2. The summed E-state index contributed by atoms with van der Waals surface area (Å²) in [7, 11) is -3.37. The van der Waals surface area contributed by atoms with Gasteiger partial charge in [0.2, 0.25) is 12.3 Å².